The largest absolute Gasteiger partial charge is 0.494 e. The Balaban J connectivity index is 1.37. The van der Waals surface area contributed by atoms with Gasteiger partial charge in [-0.1, -0.05) is 75.4 Å². The number of aryl methyl sites for hydroxylation is 1. The van der Waals surface area contributed by atoms with Crippen LogP contribution in [0.2, 0.25) is 0 Å². The number of aromatic nitrogens is 4. The van der Waals surface area contributed by atoms with Crippen LogP contribution < -0.4 is 10.1 Å². The summed E-state index contributed by atoms with van der Waals surface area (Å²) >= 11 is 0. The van der Waals surface area contributed by atoms with Crippen molar-refractivity contribution in [2.75, 3.05) is 11.9 Å². The van der Waals surface area contributed by atoms with Crippen LogP contribution in [0.4, 0.5) is 5.82 Å². The highest BCUT2D eigenvalue weighted by atomic mass is 16.5. The molecule has 0 aliphatic heterocycles. The SMILES string of the molecule is CCCCCCCCOc1ccc(C)c(-c2ccnc(NC(=O)c3nnc(Cc4ccccc4)[nH]3)c2)c1. The molecule has 7 heteroatoms. The van der Waals surface area contributed by atoms with Gasteiger partial charge in [0.1, 0.15) is 17.4 Å². The van der Waals surface area contributed by atoms with Crippen LogP contribution in [0.25, 0.3) is 11.1 Å². The summed E-state index contributed by atoms with van der Waals surface area (Å²) in [5.74, 6) is 1.69. The number of amides is 1. The third-order valence-corrected chi connectivity index (χ3v) is 6.25. The van der Waals surface area contributed by atoms with E-state index in [0.717, 1.165) is 41.0 Å². The van der Waals surface area contributed by atoms with Gasteiger partial charge in [-0.2, -0.15) is 0 Å². The highest BCUT2D eigenvalue weighted by Crippen LogP contribution is 2.29. The van der Waals surface area contributed by atoms with E-state index < -0.39 is 0 Å². The van der Waals surface area contributed by atoms with Crippen molar-refractivity contribution in [1.82, 2.24) is 20.2 Å². The number of benzene rings is 2. The van der Waals surface area contributed by atoms with Crippen LogP contribution in [-0.4, -0.2) is 32.7 Å². The lowest BCUT2D eigenvalue weighted by molar-refractivity contribution is 0.101. The van der Waals surface area contributed by atoms with Crippen molar-refractivity contribution >= 4 is 11.7 Å². The molecule has 4 rings (SSSR count). The molecule has 0 aliphatic carbocycles. The Morgan fingerprint density at radius 3 is 2.59 bits per heavy atom. The Morgan fingerprint density at radius 1 is 0.946 bits per heavy atom. The van der Waals surface area contributed by atoms with Crippen LogP contribution >= 0.6 is 0 Å². The summed E-state index contributed by atoms with van der Waals surface area (Å²) in [6, 6.07) is 19.8. The number of nitrogens with zero attached hydrogens (tertiary/aromatic N) is 3. The minimum Gasteiger partial charge on any atom is -0.494 e. The number of anilines is 1. The van der Waals surface area contributed by atoms with Crippen molar-refractivity contribution in [3.63, 3.8) is 0 Å². The van der Waals surface area contributed by atoms with Gasteiger partial charge in [-0.05, 0) is 59.9 Å². The lowest BCUT2D eigenvalue weighted by atomic mass is 10.0. The number of carbonyl (C=O) groups excluding carboxylic acids is 1. The molecule has 0 spiro atoms. The molecule has 0 aliphatic rings. The number of ether oxygens (including phenoxy) is 1. The van der Waals surface area contributed by atoms with E-state index >= 15 is 0 Å². The van der Waals surface area contributed by atoms with Gasteiger partial charge in [-0.15, -0.1) is 10.2 Å². The monoisotopic (exact) mass is 497 g/mol. The number of H-pyrrole nitrogens is 1. The minimum atomic E-state index is -0.385. The van der Waals surface area contributed by atoms with E-state index in [-0.39, 0.29) is 11.7 Å². The third kappa shape index (κ3) is 7.74. The molecule has 2 N–H and O–H groups in total. The highest BCUT2D eigenvalue weighted by Gasteiger charge is 2.14. The van der Waals surface area contributed by atoms with Gasteiger partial charge in [-0.25, -0.2) is 4.98 Å². The van der Waals surface area contributed by atoms with E-state index in [9.17, 15) is 4.79 Å². The molecule has 2 heterocycles. The molecule has 0 saturated heterocycles. The summed E-state index contributed by atoms with van der Waals surface area (Å²) < 4.78 is 6.02. The second-order valence-electron chi connectivity index (χ2n) is 9.26. The van der Waals surface area contributed by atoms with Crippen molar-refractivity contribution in [3.8, 4) is 16.9 Å². The average molecular weight is 498 g/mol. The van der Waals surface area contributed by atoms with Gasteiger partial charge in [-0.3, -0.25) is 4.79 Å². The Hall–Kier alpha value is -4.00. The number of nitrogens with one attached hydrogen (secondary N) is 2. The van der Waals surface area contributed by atoms with Gasteiger partial charge < -0.3 is 15.0 Å². The Labute approximate surface area is 218 Å². The average Bonchev–Trinajstić information content (AvgIpc) is 3.38. The highest BCUT2D eigenvalue weighted by molar-refractivity contribution is 6.01. The van der Waals surface area contributed by atoms with Crippen LogP contribution in [0.5, 0.6) is 5.75 Å². The molecule has 4 aromatic rings. The van der Waals surface area contributed by atoms with Crippen molar-refractivity contribution in [3.05, 3.63) is 89.6 Å². The van der Waals surface area contributed by atoms with Crippen LogP contribution in [-0.2, 0) is 6.42 Å². The maximum absolute atomic E-state index is 12.8. The fraction of sp³-hybridized carbons (Fsp3) is 0.333. The van der Waals surface area contributed by atoms with E-state index in [1.807, 2.05) is 48.5 Å². The minimum absolute atomic E-state index is 0.152. The summed E-state index contributed by atoms with van der Waals surface area (Å²) in [5, 5.41) is 10.9. The fourth-order valence-corrected chi connectivity index (χ4v) is 4.18. The smallest absolute Gasteiger partial charge is 0.294 e. The summed E-state index contributed by atoms with van der Waals surface area (Å²) in [4.78, 5) is 20.1. The van der Waals surface area contributed by atoms with Crippen LogP contribution in [0.15, 0.2) is 66.9 Å². The zero-order valence-electron chi connectivity index (χ0n) is 21.7. The Kier molecular flexibility index (Phi) is 9.41. The van der Waals surface area contributed by atoms with Crippen molar-refractivity contribution in [2.45, 2.75) is 58.8 Å². The van der Waals surface area contributed by atoms with Gasteiger partial charge in [0.15, 0.2) is 0 Å². The number of hydrogen-bond donors (Lipinski definition) is 2. The molecular formula is C30H35N5O2. The molecule has 0 bridgehead atoms. The standard InChI is InChI=1S/C30H35N5O2/c1-3-4-5-6-7-11-18-37-25-15-14-22(2)26(21-25)24-16-17-31-27(20-24)33-30(36)29-32-28(34-35-29)19-23-12-9-8-10-13-23/h8-10,12-17,20-21H,3-7,11,18-19H2,1-2H3,(H,31,33,36)(H,32,34,35). The molecule has 0 saturated carbocycles. The number of aromatic amines is 1. The molecule has 0 atom stereocenters. The van der Waals surface area contributed by atoms with E-state index in [1.54, 1.807) is 6.20 Å². The molecule has 0 fully saturated rings. The van der Waals surface area contributed by atoms with E-state index in [0.29, 0.717) is 18.1 Å². The summed E-state index contributed by atoms with van der Waals surface area (Å²) in [6.07, 6.45) is 9.67. The molecule has 192 valence electrons. The third-order valence-electron chi connectivity index (χ3n) is 6.25. The molecule has 1 amide bonds. The molecule has 2 aromatic carbocycles. The number of pyridine rings is 1. The number of rotatable bonds is 13. The second kappa shape index (κ2) is 13.3. The topological polar surface area (TPSA) is 92.8 Å². The molecule has 0 radical (unpaired) electrons. The van der Waals surface area contributed by atoms with Crippen LogP contribution in [0.3, 0.4) is 0 Å². The van der Waals surface area contributed by atoms with Gasteiger partial charge in [0, 0.05) is 12.6 Å². The normalized spacial score (nSPS) is 10.9. The lowest BCUT2D eigenvalue weighted by Gasteiger charge is -2.12. The van der Waals surface area contributed by atoms with E-state index in [2.05, 4.69) is 51.5 Å². The predicted octanol–water partition coefficient (Wildman–Crippen LogP) is 6.76. The maximum Gasteiger partial charge on any atom is 0.294 e. The molecule has 37 heavy (non-hydrogen) atoms. The van der Waals surface area contributed by atoms with E-state index in [1.165, 1.54) is 32.1 Å². The zero-order valence-corrected chi connectivity index (χ0v) is 21.7. The summed E-state index contributed by atoms with van der Waals surface area (Å²) in [6.45, 7) is 5.01. The Bertz CT molecular complexity index is 1290. The zero-order chi connectivity index (χ0) is 25.9. The first kappa shape index (κ1) is 26.1. The Morgan fingerprint density at radius 2 is 1.76 bits per heavy atom. The van der Waals surface area contributed by atoms with Gasteiger partial charge in [0.2, 0.25) is 5.82 Å². The number of hydrogen-bond acceptors (Lipinski definition) is 5. The predicted molar refractivity (Wildman–Crippen MR) is 147 cm³/mol. The van der Waals surface area contributed by atoms with Gasteiger partial charge in [0.05, 0.1) is 6.61 Å². The number of carbonyl (C=O) groups is 1. The van der Waals surface area contributed by atoms with Crippen LogP contribution in [0, 0.1) is 6.92 Å². The van der Waals surface area contributed by atoms with Crippen LogP contribution in [0.1, 0.15) is 73.0 Å². The quantitative estimate of drug-likeness (QED) is 0.199. The van der Waals surface area contributed by atoms with Crippen molar-refractivity contribution in [1.29, 1.82) is 0 Å². The molecular weight excluding hydrogens is 462 g/mol. The lowest BCUT2D eigenvalue weighted by Crippen LogP contribution is -2.14. The first-order chi connectivity index (χ1) is 18.1. The number of unbranched alkanes of at least 4 members (excludes halogenated alkanes) is 5. The molecule has 0 unspecified atom stereocenters. The van der Waals surface area contributed by atoms with Crippen molar-refractivity contribution < 1.29 is 9.53 Å². The summed E-state index contributed by atoms with van der Waals surface area (Å²) in [7, 11) is 0. The van der Waals surface area contributed by atoms with Gasteiger partial charge >= 0.3 is 0 Å². The summed E-state index contributed by atoms with van der Waals surface area (Å²) in [5.41, 5.74) is 4.21. The maximum atomic E-state index is 12.8. The molecule has 7 nitrogen and oxygen atoms in total. The van der Waals surface area contributed by atoms with Gasteiger partial charge in [0.25, 0.3) is 5.91 Å². The molecule has 2 aromatic heterocycles. The van der Waals surface area contributed by atoms with Crippen molar-refractivity contribution in [2.24, 2.45) is 0 Å². The fourth-order valence-electron chi connectivity index (χ4n) is 4.18. The first-order valence-electron chi connectivity index (χ1n) is 13.1. The second-order valence-corrected chi connectivity index (χ2v) is 9.26. The van der Waals surface area contributed by atoms with E-state index in [4.69, 9.17) is 4.74 Å². The first-order valence-corrected chi connectivity index (χ1v) is 13.1.